The highest BCUT2D eigenvalue weighted by atomic mass is 32.1. The summed E-state index contributed by atoms with van der Waals surface area (Å²) in [6, 6.07) is 6.80. The monoisotopic (exact) mass is 472 g/mol. The van der Waals surface area contributed by atoms with Gasteiger partial charge in [-0.25, -0.2) is 4.98 Å². The fourth-order valence-corrected chi connectivity index (χ4v) is 5.54. The molecule has 1 fully saturated rings. The van der Waals surface area contributed by atoms with E-state index in [-0.39, 0.29) is 36.2 Å². The van der Waals surface area contributed by atoms with E-state index >= 15 is 0 Å². The number of aromatic nitrogens is 1. The molecule has 0 radical (unpaired) electrons. The van der Waals surface area contributed by atoms with Gasteiger partial charge in [-0.15, -0.1) is 11.3 Å². The SMILES string of the molecule is Cc1ncsc1-c1ccc(C(C)NC(=O)[C@@H]2C[C@@H](O)CN2C(=O)[C@@H](N(C)C)C(C)(C)C)cc1. The molecule has 2 N–H and O–H groups in total. The van der Waals surface area contributed by atoms with Crippen molar-refractivity contribution in [1.29, 1.82) is 0 Å². The molecule has 2 heterocycles. The lowest BCUT2D eigenvalue weighted by atomic mass is 9.85. The molecule has 2 amide bonds. The van der Waals surface area contributed by atoms with Crippen LogP contribution < -0.4 is 5.32 Å². The molecule has 0 saturated carbocycles. The normalized spacial score (nSPS) is 20.7. The first-order valence-corrected chi connectivity index (χ1v) is 12.2. The predicted molar refractivity (Wildman–Crippen MR) is 132 cm³/mol. The zero-order valence-electron chi connectivity index (χ0n) is 20.6. The quantitative estimate of drug-likeness (QED) is 0.674. The summed E-state index contributed by atoms with van der Waals surface area (Å²) in [4.78, 5) is 35.5. The van der Waals surface area contributed by atoms with Crippen LogP contribution in [0.25, 0.3) is 10.4 Å². The fourth-order valence-electron chi connectivity index (χ4n) is 4.72. The van der Waals surface area contributed by atoms with E-state index in [0.717, 1.165) is 21.7 Å². The summed E-state index contributed by atoms with van der Waals surface area (Å²) >= 11 is 1.61. The summed E-state index contributed by atoms with van der Waals surface area (Å²) in [5, 5.41) is 13.3. The maximum Gasteiger partial charge on any atom is 0.243 e. The Labute approximate surface area is 200 Å². The molecule has 1 aliphatic heterocycles. The number of carbonyl (C=O) groups excluding carboxylic acids is 2. The van der Waals surface area contributed by atoms with Crippen LogP contribution in [0.3, 0.4) is 0 Å². The number of benzene rings is 1. The minimum Gasteiger partial charge on any atom is -0.391 e. The summed E-state index contributed by atoms with van der Waals surface area (Å²) in [7, 11) is 3.74. The van der Waals surface area contributed by atoms with Gasteiger partial charge in [0.05, 0.1) is 34.3 Å². The molecular formula is C25H36N4O3S. The number of hydrogen-bond donors (Lipinski definition) is 2. The van der Waals surface area contributed by atoms with Crippen molar-refractivity contribution in [3.05, 3.63) is 41.0 Å². The molecular weight excluding hydrogens is 436 g/mol. The van der Waals surface area contributed by atoms with Crippen molar-refractivity contribution in [2.45, 2.75) is 65.3 Å². The zero-order valence-corrected chi connectivity index (χ0v) is 21.4. The van der Waals surface area contributed by atoms with Gasteiger partial charge in [0.25, 0.3) is 0 Å². The van der Waals surface area contributed by atoms with Gasteiger partial charge in [0.1, 0.15) is 6.04 Å². The standard InChI is InChI=1S/C25H36N4O3S/c1-15(17-8-10-18(11-9-17)21-16(2)26-14-33-21)27-23(31)20-12-19(30)13-29(20)24(32)22(28(6)7)25(3,4)5/h8-11,14-15,19-20,22,30H,12-13H2,1-7H3,(H,27,31)/t15?,19-,20+,22-/m1/s1. The third kappa shape index (κ3) is 5.62. The van der Waals surface area contributed by atoms with Crippen LogP contribution in [0.2, 0.25) is 0 Å². The summed E-state index contributed by atoms with van der Waals surface area (Å²) in [5.74, 6) is -0.359. The van der Waals surface area contributed by atoms with E-state index in [2.05, 4.69) is 10.3 Å². The van der Waals surface area contributed by atoms with Gasteiger partial charge in [0, 0.05) is 13.0 Å². The number of aliphatic hydroxyl groups is 1. The molecule has 1 saturated heterocycles. The number of nitrogens with one attached hydrogen (secondary N) is 1. The zero-order chi connectivity index (χ0) is 24.5. The number of thiazole rings is 1. The second kappa shape index (κ2) is 9.91. The van der Waals surface area contributed by atoms with Gasteiger partial charge in [0.15, 0.2) is 0 Å². The molecule has 0 bridgehead atoms. The predicted octanol–water partition coefficient (Wildman–Crippen LogP) is 3.23. The van der Waals surface area contributed by atoms with Gasteiger partial charge in [-0.1, -0.05) is 45.0 Å². The van der Waals surface area contributed by atoms with E-state index in [9.17, 15) is 14.7 Å². The summed E-state index contributed by atoms with van der Waals surface area (Å²) < 4.78 is 0. The lowest BCUT2D eigenvalue weighted by molar-refractivity contribution is -0.145. The number of likely N-dealkylation sites (tertiary alicyclic amines) is 1. The Bertz CT molecular complexity index is 980. The van der Waals surface area contributed by atoms with E-state index in [1.807, 2.05) is 83.4 Å². The smallest absolute Gasteiger partial charge is 0.243 e. The van der Waals surface area contributed by atoms with Crippen LogP contribution in [0, 0.1) is 12.3 Å². The highest BCUT2D eigenvalue weighted by Gasteiger charge is 2.44. The largest absolute Gasteiger partial charge is 0.391 e. The van der Waals surface area contributed by atoms with E-state index in [4.69, 9.17) is 0 Å². The molecule has 180 valence electrons. The van der Waals surface area contributed by atoms with E-state index in [1.54, 1.807) is 16.2 Å². The minimum absolute atomic E-state index is 0.124. The number of nitrogens with zero attached hydrogens (tertiary/aromatic N) is 3. The summed E-state index contributed by atoms with van der Waals surface area (Å²) in [6.07, 6.45) is -0.456. The molecule has 33 heavy (non-hydrogen) atoms. The summed E-state index contributed by atoms with van der Waals surface area (Å²) in [6.45, 7) is 10.1. The van der Waals surface area contributed by atoms with Crippen molar-refractivity contribution in [3.63, 3.8) is 0 Å². The first kappa shape index (κ1) is 25.3. The third-order valence-electron chi connectivity index (χ3n) is 6.21. The lowest BCUT2D eigenvalue weighted by Crippen LogP contribution is -2.56. The van der Waals surface area contributed by atoms with Crippen LogP contribution >= 0.6 is 11.3 Å². The van der Waals surface area contributed by atoms with Crippen LogP contribution in [0.1, 0.15) is 51.4 Å². The van der Waals surface area contributed by atoms with Crippen molar-refractivity contribution >= 4 is 23.2 Å². The number of rotatable bonds is 6. The number of amides is 2. The van der Waals surface area contributed by atoms with Gasteiger partial charge in [-0.2, -0.15) is 0 Å². The second-order valence-electron chi connectivity index (χ2n) is 10.2. The van der Waals surface area contributed by atoms with Crippen molar-refractivity contribution in [2.75, 3.05) is 20.6 Å². The van der Waals surface area contributed by atoms with E-state index < -0.39 is 18.2 Å². The summed E-state index contributed by atoms with van der Waals surface area (Å²) in [5.41, 5.74) is 4.62. The second-order valence-corrected chi connectivity index (χ2v) is 11.1. The van der Waals surface area contributed by atoms with Gasteiger partial charge >= 0.3 is 0 Å². The Morgan fingerprint density at radius 2 is 1.88 bits per heavy atom. The van der Waals surface area contributed by atoms with Crippen LogP contribution in [0.4, 0.5) is 0 Å². The molecule has 0 aliphatic carbocycles. The fraction of sp³-hybridized carbons (Fsp3) is 0.560. The molecule has 1 aromatic carbocycles. The van der Waals surface area contributed by atoms with Crippen LogP contribution in [0.5, 0.6) is 0 Å². The van der Waals surface area contributed by atoms with E-state index in [0.29, 0.717) is 0 Å². The molecule has 1 aliphatic rings. The maximum absolute atomic E-state index is 13.4. The Morgan fingerprint density at radius 1 is 1.24 bits per heavy atom. The number of likely N-dealkylation sites (N-methyl/N-ethyl adjacent to an activating group) is 1. The Hall–Kier alpha value is -2.29. The average molecular weight is 473 g/mol. The minimum atomic E-state index is -0.704. The first-order chi connectivity index (χ1) is 15.4. The molecule has 3 rings (SSSR count). The Kier molecular flexibility index (Phi) is 7.61. The van der Waals surface area contributed by atoms with Gasteiger partial charge in [-0.3, -0.25) is 14.5 Å². The van der Waals surface area contributed by atoms with Gasteiger partial charge in [-0.05, 0) is 44.5 Å². The van der Waals surface area contributed by atoms with Crippen molar-refractivity contribution in [3.8, 4) is 10.4 Å². The molecule has 0 spiro atoms. The van der Waals surface area contributed by atoms with Crippen LogP contribution in [-0.4, -0.2) is 70.5 Å². The molecule has 4 atom stereocenters. The number of hydrogen-bond acceptors (Lipinski definition) is 6. The van der Waals surface area contributed by atoms with Crippen molar-refractivity contribution in [2.24, 2.45) is 5.41 Å². The maximum atomic E-state index is 13.4. The average Bonchev–Trinajstić information content (AvgIpc) is 3.32. The number of β-amino-alcohol motifs (C(OH)–C–C–N with tert-alkyl or cyclic N) is 1. The van der Waals surface area contributed by atoms with Gasteiger partial charge < -0.3 is 15.3 Å². The highest BCUT2D eigenvalue weighted by Crippen LogP contribution is 2.30. The van der Waals surface area contributed by atoms with E-state index in [1.165, 1.54) is 0 Å². The molecule has 7 nitrogen and oxygen atoms in total. The highest BCUT2D eigenvalue weighted by molar-refractivity contribution is 7.13. The topological polar surface area (TPSA) is 85.8 Å². The molecule has 8 heteroatoms. The number of carbonyl (C=O) groups is 2. The molecule has 1 unspecified atom stereocenters. The van der Waals surface area contributed by atoms with Crippen molar-refractivity contribution in [1.82, 2.24) is 20.1 Å². The number of aryl methyl sites for hydroxylation is 1. The third-order valence-corrected chi connectivity index (χ3v) is 7.19. The molecule has 1 aromatic heterocycles. The van der Waals surface area contributed by atoms with Crippen LogP contribution in [0.15, 0.2) is 29.8 Å². The Balaban J connectivity index is 1.72. The lowest BCUT2D eigenvalue weighted by Gasteiger charge is -2.38. The van der Waals surface area contributed by atoms with Crippen LogP contribution in [-0.2, 0) is 9.59 Å². The number of aliphatic hydroxyl groups excluding tert-OH is 1. The molecule has 2 aromatic rings. The van der Waals surface area contributed by atoms with Crippen molar-refractivity contribution < 1.29 is 14.7 Å². The Morgan fingerprint density at radius 3 is 2.39 bits per heavy atom. The first-order valence-electron chi connectivity index (χ1n) is 11.4. The van der Waals surface area contributed by atoms with Gasteiger partial charge in [0.2, 0.25) is 11.8 Å².